The molecule has 1 N–H and O–H groups in total. The van der Waals surface area contributed by atoms with Crippen LogP contribution in [-0.2, 0) is 0 Å². The zero-order valence-electron chi connectivity index (χ0n) is 11.7. The minimum atomic E-state index is 0.209. The number of hydrogen-bond acceptors (Lipinski definition) is 6. The predicted octanol–water partition coefficient (Wildman–Crippen LogP) is 2.26. The van der Waals surface area contributed by atoms with Gasteiger partial charge in [-0.25, -0.2) is 4.98 Å². The smallest absolute Gasteiger partial charge is 0.316 e. The fourth-order valence-electron chi connectivity index (χ4n) is 2.51. The van der Waals surface area contributed by atoms with E-state index in [2.05, 4.69) is 20.4 Å². The molecule has 3 heterocycles. The largest absolute Gasteiger partial charge is 0.467 e. The molecule has 1 fully saturated rings. The summed E-state index contributed by atoms with van der Waals surface area (Å²) in [7, 11) is 1.58. The van der Waals surface area contributed by atoms with Crippen molar-refractivity contribution in [2.45, 2.75) is 32.2 Å². The Morgan fingerprint density at radius 1 is 1.40 bits per heavy atom. The average Bonchev–Trinajstić information content (AvgIpc) is 2.94. The number of ether oxygens (including phenoxy) is 1. The van der Waals surface area contributed by atoms with Crippen molar-refractivity contribution in [2.24, 2.45) is 0 Å². The molecular weight excluding hydrogens is 256 g/mol. The normalized spacial score (nSPS) is 19.0. The monoisotopic (exact) mass is 274 g/mol. The second kappa shape index (κ2) is 5.58. The van der Waals surface area contributed by atoms with E-state index in [0.29, 0.717) is 11.8 Å². The summed E-state index contributed by atoms with van der Waals surface area (Å²) >= 11 is 0. The van der Waals surface area contributed by atoms with Crippen molar-refractivity contribution in [1.82, 2.24) is 20.4 Å². The van der Waals surface area contributed by atoms with E-state index < -0.39 is 0 Å². The van der Waals surface area contributed by atoms with Crippen molar-refractivity contribution in [3.63, 3.8) is 0 Å². The van der Waals surface area contributed by atoms with Gasteiger partial charge in [-0.2, -0.15) is 4.98 Å². The number of nitrogens with one attached hydrogen (secondary N) is 1. The maximum absolute atomic E-state index is 5.36. The van der Waals surface area contributed by atoms with Crippen molar-refractivity contribution in [3.8, 4) is 17.3 Å². The van der Waals surface area contributed by atoms with Gasteiger partial charge in [-0.15, -0.1) is 0 Å². The molecule has 3 rings (SSSR count). The average molecular weight is 274 g/mol. The molecule has 0 aliphatic carbocycles. The van der Waals surface area contributed by atoms with Gasteiger partial charge in [0.25, 0.3) is 0 Å². The number of rotatable bonds is 3. The maximum Gasteiger partial charge on any atom is 0.316 e. The molecular formula is C14H18N4O2. The van der Waals surface area contributed by atoms with Crippen molar-refractivity contribution in [2.75, 3.05) is 13.7 Å². The van der Waals surface area contributed by atoms with Gasteiger partial charge in [0.05, 0.1) is 30.1 Å². The number of methoxy groups -OCH3 is 1. The highest BCUT2D eigenvalue weighted by atomic mass is 16.5. The van der Waals surface area contributed by atoms with Gasteiger partial charge in [0, 0.05) is 12.3 Å². The minimum Gasteiger partial charge on any atom is -0.467 e. The number of aryl methyl sites for hydroxylation is 1. The summed E-state index contributed by atoms with van der Waals surface area (Å²) < 4.78 is 10.5. The predicted molar refractivity (Wildman–Crippen MR) is 73.4 cm³/mol. The lowest BCUT2D eigenvalue weighted by Crippen LogP contribution is -2.28. The van der Waals surface area contributed by atoms with Gasteiger partial charge in [0.1, 0.15) is 0 Å². The van der Waals surface area contributed by atoms with E-state index in [9.17, 15) is 0 Å². The van der Waals surface area contributed by atoms with Crippen LogP contribution in [0.2, 0.25) is 0 Å². The summed E-state index contributed by atoms with van der Waals surface area (Å²) in [6.07, 6.45) is 5.20. The Bertz CT molecular complexity index is 591. The van der Waals surface area contributed by atoms with Crippen LogP contribution in [0.1, 0.15) is 36.7 Å². The molecule has 1 saturated heterocycles. The number of aromatic nitrogens is 3. The van der Waals surface area contributed by atoms with Crippen LogP contribution in [0, 0.1) is 6.92 Å². The van der Waals surface area contributed by atoms with Crippen molar-refractivity contribution in [3.05, 3.63) is 23.7 Å². The lowest BCUT2D eigenvalue weighted by Gasteiger charge is -2.24. The molecule has 2 aromatic rings. The van der Waals surface area contributed by atoms with Crippen LogP contribution in [0.15, 0.2) is 16.8 Å². The zero-order valence-corrected chi connectivity index (χ0v) is 11.7. The number of nitrogens with zero attached hydrogens (tertiary/aromatic N) is 3. The lowest BCUT2D eigenvalue weighted by atomic mass is 9.98. The van der Waals surface area contributed by atoms with E-state index in [0.717, 1.165) is 29.9 Å². The van der Waals surface area contributed by atoms with Crippen molar-refractivity contribution >= 4 is 0 Å². The molecule has 0 radical (unpaired) electrons. The highest BCUT2D eigenvalue weighted by molar-refractivity contribution is 5.60. The van der Waals surface area contributed by atoms with Crippen molar-refractivity contribution in [1.29, 1.82) is 0 Å². The third kappa shape index (κ3) is 2.51. The molecule has 1 aliphatic heterocycles. The molecule has 0 amide bonds. The molecule has 1 aliphatic rings. The first kappa shape index (κ1) is 13.1. The van der Waals surface area contributed by atoms with Crippen LogP contribution in [-0.4, -0.2) is 28.8 Å². The van der Waals surface area contributed by atoms with Gasteiger partial charge >= 0.3 is 6.01 Å². The molecule has 1 unspecified atom stereocenters. The molecule has 0 aromatic carbocycles. The van der Waals surface area contributed by atoms with E-state index in [-0.39, 0.29) is 6.04 Å². The maximum atomic E-state index is 5.36. The fourth-order valence-corrected chi connectivity index (χ4v) is 2.51. The van der Waals surface area contributed by atoms with Crippen molar-refractivity contribution < 1.29 is 9.26 Å². The molecule has 0 saturated carbocycles. The minimum absolute atomic E-state index is 0.209. The molecule has 106 valence electrons. The highest BCUT2D eigenvalue weighted by Crippen LogP contribution is 2.31. The zero-order chi connectivity index (χ0) is 13.9. The first-order valence-corrected chi connectivity index (χ1v) is 6.86. The molecule has 1 atom stereocenters. The quantitative estimate of drug-likeness (QED) is 0.925. The van der Waals surface area contributed by atoms with Crippen LogP contribution in [0.3, 0.4) is 0 Å². The van der Waals surface area contributed by atoms with E-state index in [4.69, 9.17) is 9.26 Å². The molecule has 0 spiro atoms. The number of hydrogen-bond donors (Lipinski definition) is 1. The Hall–Kier alpha value is -1.95. The van der Waals surface area contributed by atoms with E-state index in [1.165, 1.54) is 12.8 Å². The SMILES string of the molecule is COc1ncc(-c2cc(C)no2)c(C2CCCCN2)n1. The Balaban J connectivity index is 2.03. The van der Waals surface area contributed by atoms with Crippen LogP contribution >= 0.6 is 0 Å². The van der Waals surface area contributed by atoms with Gasteiger partial charge in [0.2, 0.25) is 0 Å². The van der Waals surface area contributed by atoms with E-state index in [1.807, 2.05) is 13.0 Å². The summed E-state index contributed by atoms with van der Waals surface area (Å²) in [5, 5.41) is 7.44. The van der Waals surface area contributed by atoms with Gasteiger partial charge in [-0.05, 0) is 26.3 Å². The van der Waals surface area contributed by atoms with Crippen LogP contribution < -0.4 is 10.1 Å². The Kier molecular flexibility index (Phi) is 3.64. The van der Waals surface area contributed by atoms with Crippen LogP contribution in [0.4, 0.5) is 0 Å². The third-order valence-electron chi connectivity index (χ3n) is 3.51. The topological polar surface area (TPSA) is 73.1 Å². The van der Waals surface area contributed by atoms with E-state index in [1.54, 1.807) is 13.3 Å². The molecule has 0 bridgehead atoms. The lowest BCUT2D eigenvalue weighted by molar-refractivity contribution is 0.364. The summed E-state index contributed by atoms with van der Waals surface area (Å²) in [5.74, 6) is 0.701. The molecule has 2 aromatic heterocycles. The van der Waals surface area contributed by atoms with Gasteiger partial charge in [-0.3, -0.25) is 0 Å². The summed E-state index contributed by atoms with van der Waals surface area (Å²) in [5.41, 5.74) is 2.65. The highest BCUT2D eigenvalue weighted by Gasteiger charge is 2.23. The molecule has 20 heavy (non-hydrogen) atoms. The van der Waals surface area contributed by atoms with Gasteiger partial charge in [0.15, 0.2) is 5.76 Å². The summed E-state index contributed by atoms with van der Waals surface area (Å²) in [6, 6.07) is 2.49. The summed E-state index contributed by atoms with van der Waals surface area (Å²) in [4.78, 5) is 8.71. The van der Waals surface area contributed by atoms with E-state index >= 15 is 0 Å². The van der Waals surface area contributed by atoms with Crippen LogP contribution in [0.25, 0.3) is 11.3 Å². The second-order valence-electron chi connectivity index (χ2n) is 4.99. The Morgan fingerprint density at radius 3 is 2.95 bits per heavy atom. The molecule has 6 nitrogen and oxygen atoms in total. The second-order valence-corrected chi connectivity index (χ2v) is 4.99. The third-order valence-corrected chi connectivity index (χ3v) is 3.51. The van der Waals surface area contributed by atoms with Crippen LogP contribution in [0.5, 0.6) is 6.01 Å². The first-order valence-electron chi connectivity index (χ1n) is 6.86. The van der Waals surface area contributed by atoms with Gasteiger partial charge < -0.3 is 14.6 Å². The Labute approximate surface area is 117 Å². The number of piperidine rings is 1. The van der Waals surface area contributed by atoms with Gasteiger partial charge in [-0.1, -0.05) is 11.6 Å². The Morgan fingerprint density at radius 2 is 2.30 bits per heavy atom. The standard InChI is InChI=1S/C14H18N4O2/c1-9-7-12(20-18-9)10-8-16-14(19-2)17-13(10)11-5-3-4-6-15-11/h7-8,11,15H,3-6H2,1-2H3. The molecule has 6 heteroatoms. The fraction of sp³-hybridized carbons (Fsp3) is 0.500. The first-order chi connectivity index (χ1) is 9.78. The summed E-state index contributed by atoms with van der Waals surface area (Å²) in [6.45, 7) is 2.90.